The third kappa shape index (κ3) is 0.699. The highest BCUT2D eigenvalue weighted by molar-refractivity contribution is 5.68. The van der Waals surface area contributed by atoms with Crippen LogP contribution in [0.15, 0.2) is 34.7 Å². The maximum atomic E-state index is 3.58. The summed E-state index contributed by atoms with van der Waals surface area (Å²) in [5, 5.41) is 7.16. The molecule has 0 aliphatic carbocycles. The van der Waals surface area contributed by atoms with Crippen LogP contribution in [0.5, 0.6) is 0 Å². The molecule has 0 saturated carbocycles. The molecule has 4 heteroatoms. The van der Waals surface area contributed by atoms with Crippen LogP contribution < -0.4 is 10.9 Å². The summed E-state index contributed by atoms with van der Waals surface area (Å²) in [7, 11) is 0. The molecule has 0 unspecified atom stereocenters. The van der Waals surface area contributed by atoms with Gasteiger partial charge in [-0.05, 0) is 12.1 Å². The van der Waals surface area contributed by atoms with E-state index in [9.17, 15) is 0 Å². The Morgan fingerprint density at radius 3 is 1.90 bits per heavy atom. The Hall–Kier alpha value is -1.58. The molecule has 0 spiro atoms. The van der Waals surface area contributed by atoms with E-state index in [4.69, 9.17) is 0 Å². The second-order valence-electron chi connectivity index (χ2n) is 1.97. The molecule has 1 heterocycles. The fraction of sp³-hybridized carbons (Fsp3) is 0. The van der Waals surface area contributed by atoms with Crippen molar-refractivity contribution in [3.05, 3.63) is 24.3 Å². The third-order valence-electron chi connectivity index (χ3n) is 1.32. The second kappa shape index (κ2) is 1.98. The second-order valence-corrected chi connectivity index (χ2v) is 1.97. The Kier molecular flexibility index (Phi) is 1.04. The number of nitrogens with one attached hydrogen (secondary N) is 2. The number of para-hydroxylation sites is 2. The Morgan fingerprint density at radius 1 is 0.900 bits per heavy atom. The molecule has 1 aromatic rings. The van der Waals surface area contributed by atoms with E-state index in [0.717, 1.165) is 11.4 Å². The van der Waals surface area contributed by atoms with Gasteiger partial charge in [-0.2, -0.15) is 0 Å². The standard InChI is InChI=1S/C6H6N4/c1-2-4-6-5(3-1)7-9-10-8-6/h1-4H,(H,7,10)(H,8,9). The number of hydrogen-bond donors (Lipinski definition) is 2. The lowest BCUT2D eigenvalue weighted by molar-refractivity contribution is 1.03. The van der Waals surface area contributed by atoms with Gasteiger partial charge in [0.2, 0.25) is 0 Å². The first-order chi connectivity index (χ1) is 4.97. The van der Waals surface area contributed by atoms with Gasteiger partial charge in [0.05, 0.1) is 11.4 Å². The Balaban J connectivity index is 2.47. The summed E-state index contributed by atoms with van der Waals surface area (Å²) in [6.45, 7) is 0. The lowest BCUT2D eigenvalue weighted by Crippen LogP contribution is -2.00. The average molecular weight is 134 g/mol. The van der Waals surface area contributed by atoms with E-state index in [-0.39, 0.29) is 0 Å². The van der Waals surface area contributed by atoms with E-state index in [1.54, 1.807) is 0 Å². The Morgan fingerprint density at radius 2 is 1.40 bits per heavy atom. The van der Waals surface area contributed by atoms with Crippen LogP contribution in [0.25, 0.3) is 0 Å². The molecule has 2 rings (SSSR count). The van der Waals surface area contributed by atoms with E-state index in [1.807, 2.05) is 24.3 Å². The van der Waals surface area contributed by atoms with E-state index >= 15 is 0 Å². The van der Waals surface area contributed by atoms with Gasteiger partial charge in [-0.25, -0.2) is 0 Å². The molecule has 0 radical (unpaired) electrons. The average Bonchev–Trinajstić information content (AvgIpc) is 2.05. The summed E-state index contributed by atoms with van der Waals surface area (Å²) >= 11 is 0. The number of anilines is 2. The number of fused-ring (bicyclic) bond motifs is 1. The summed E-state index contributed by atoms with van der Waals surface area (Å²) in [6.07, 6.45) is 0. The van der Waals surface area contributed by atoms with Crippen LogP contribution in [-0.2, 0) is 0 Å². The van der Waals surface area contributed by atoms with Crippen LogP contribution >= 0.6 is 0 Å². The highest BCUT2D eigenvalue weighted by atomic mass is 15.6. The molecular formula is C6H6N4. The van der Waals surface area contributed by atoms with Crippen LogP contribution in [0.2, 0.25) is 0 Å². The molecule has 50 valence electrons. The van der Waals surface area contributed by atoms with Crippen LogP contribution in [0.3, 0.4) is 0 Å². The first kappa shape index (κ1) is 5.22. The van der Waals surface area contributed by atoms with Gasteiger partial charge in [-0.3, -0.25) is 10.9 Å². The molecule has 0 bridgehead atoms. The molecule has 0 fully saturated rings. The number of rotatable bonds is 0. The predicted molar refractivity (Wildman–Crippen MR) is 38.5 cm³/mol. The molecule has 1 aliphatic rings. The van der Waals surface area contributed by atoms with Crippen molar-refractivity contribution in [2.45, 2.75) is 0 Å². The number of hydrogen-bond acceptors (Lipinski definition) is 4. The van der Waals surface area contributed by atoms with Crippen molar-refractivity contribution in [1.82, 2.24) is 0 Å². The number of benzene rings is 1. The van der Waals surface area contributed by atoms with E-state index in [1.165, 1.54) is 0 Å². The topological polar surface area (TPSA) is 48.8 Å². The Bertz CT molecular complexity index is 241. The summed E-state index contributed by atoms with van der Waals surface area (Å²) in [4.78, 5) is 0. The quantitative estimate of drug-likeness (QED) is 0.568. The smallest absolute Gasteiger partial charge is 0.0830 e. The monoisotopic (exact) mass is 134 g/mol. The fourth-order valence-corrected chi connectivity index (χ4v) is 0.836. The largest absolute Gasteiger partial charge is 0.256 e. The zero-order chi connectivity index (χ0) is 6.81. The van der Waals surface area contributed by atoms with Crippen LogP contribution in [-0.4, -0.2) is 0 Å². The van der Waals surface area contributed by atoms with Crippen molar-refractivity contribution < 1.29 is 0 Å². The van der Waals surface area contributed by atoms with Crippen molar-refractivity contribution >= 4 is 11.4 Å². The highest BCUT2D eigenvalue weighted by Gasteiger charge is 2.01. The first-order valence-electron chi connectivity index (χ1n) is 2.97. The summed E-state index contributed by atoms with van der Waals surface area (Å²) < 4.78 is 0. The fourth-order valence-electron chi connectivity index (χ4n) is 0.836. The predicted octanol–water partition coefficient (Wildman–Crippen LogP) is 1.81. The van der Waals surface area contributed by atoms with Crippen molar-refractivity contribution in [3.8, 4) is 0 Å². The minimum absolute atomic E-state index is 0.956. The molecule has 0 amide bonds. The van der Waals surface area contributed by atoms with Gasteiger partial charge >= 0.3 is 0 Å². The molecule has 10 heavy (non-hydrogen) atoms. The van der Waals surface area contributed by atoms with Gasteiger partial charge in [0.1, 0.15) is 0 Å². The minimum Gasteiger partial charge on any atom is -0.256 e. The summed E-state index contributed by atoms with van der Waals surface area (Å²) in [5.74, 6) is 0. The molecule has 4 nitrogen and oxygen atoms in total. The SMILES string of the molecule is c1ccc2c(c1)NN=NN2. The lowest BCUT2D eigenvalue weighted by Gasteiger charge is -2.09. The van der Waals surface area contributed by atoms with E-state index in [0.29, 0.717) is 0 Å². The molecular weight excluding hydrogens is 128 g/mol. The van der Waals surface area contributed by atoms with Crippen molar-refractivity contribution in [3.63, 3.8) is 0 Å². The van der Waals surface area contributed by atoms with Gasteiger partial charge in [0.25, 0.3) is 0 Å². The Labute approximate surface area is 57.9 Å². The molecule has 0 saturated heterocycles. The molecule has 0 atom stereocenters. The van der Waals surface area contributed by atoms with Crippen molar-refractivity contribution in [2.24, 2.45) is 10.4 Å². The molecule has 1 aliphatic heterocycles. The van der Waals surface area contributed by atoms with Crippen molar-refractivity contribution in [2.75, 3.05) is 10.9 Å². The van der Waals surface area contributed by atoms with Gasteiger partial charge in [0.15, 0.2) is 0 Å². The molecule has 0 aromatic heterocycles. The normalized spacial score (nSPS) is 13.2. The van der Waals surface area contributed by atoms with Crippen molar-refractivity contribution in [1.29, 1.82) is 0 Å². The number of nitrogens with zero attached hydrogens (tertiary/aromatic N) is 2. The zero-order valence-electron chi connectivity index (χ0n) is 5.20. The maximum absolute atomic E-state index is 3.58. The molecule has 1 aromatic carbocycles. The lowest BCUT2D eigenvalue weighted by atomic mass is 10.3. The van der Waals surface area contributed by atoms with E-state index < -0.39 is 0 Å². The minimum atomic E-state index is 0.956. The maximum Gasteiger partial charge on any atom is 0.0830 e. The van der Waals surface area contributed by atoms with Crippen LogP contribution in [0.4, 0.5) is 11.4 Å². The van der Waals surface area contributed by atoms with Gasteiger partial charge in [0, 0.05) is 0 Å². The third-order valence-corrected chi connectivity index (χ3v) is 1.32. The summed E-state index contributed by atoms with van der Waals surface area (Å²) in [6, 6.07) is 7.74. The first-order valence-corrected chi connectivity index (χ1v) is 2.97. The van der Waals surface area contributed by atoms with E-state index in [2.05, 4.69) is 21.3 Å². The zero-order valence-corrected chi connectivity index (χ0v) is 5.20. The van der Waals surface area contributed by atoms with Gasteiger partial charge in [-0.1, -0.05) is 22.6 Å². The summed E-state index contributed by atoms with van der Waals surface area (Å²) in [5.41, 5.74) is 7.43. The van der Waals surface area contributed by atoms with Gasteiger partial charge < -0.3 is 0 Å². The van der Waals surface area contributed by atoms with Crippen LogP contribution in [0.1, 0.15) is 0 Å². The van der Waals surface area contributed by atoms with Gasteiger partial charge in [-0.15, -0.1) is 0 Å². The van der Waals surface area contributed by atoms with Crippen LogP contribution in [0, 0.1) is 0 Å². The highest BCUT2D eigenvalue weighted by Crippen LogP contribution is 2.22. The molecule has 2 N–H and O–H groups in total.